The van der Waals surface area contributed by atoms with E-state index in [4.69, 9.17) is 0 Å². The van der Waals surface area contributed by atoms with Gasteiger partial charge >= 0.3 is 0 Å². The van der Waals surface area contributed by atoms with Gasteiger partial charge in [-0.2, -0.15) is 5.10 Å². The maximum Gasteiger partial charge on any atom is 0.255 e. The van der Waals surface area contributed by atoms with Crippen LogP contribution < -0.4 is 5.32 Å². The molecule has 1 aliphatic rings. The van der Waals surface area contributed by atoms with Crippen molar-refractivity contribution >= 4 is 17.2 Å². The number of nitrogens with one attached hydrogen (secondary N) is 1. The third-order valence-corrected chi connectivity index (χ3v) is 6.32. The molecular formula is C28H28N6O. The number of imidazole rings is 1. The first kappa shape index (κ1) is 22.8. The summed E-state index contributed by atoms with van der Waals surface area (Å²) in [6.07, 6.45) is 3.41. The number of amides is 1. The van der Waals surface area contributed by atoms with Crippen molar-refractivity contribution in [1.82, 2.24) is 24.4 Å². The fourth-order valence-electron chi connectivity index (χ4n) is 4.10. The van der Waals surface area contributed by atoms with Gasteiger partial charge in [-0.3, -0.25) is 9.69 Å². The molecule has 35 heavy (non-hydrogen) atoms. The molecular weight excluding hydrogens is 436 g/mol. The van der Waals surface area contributed by atoms with E-state index in [-0.39, 0.29) is 5.91 Å². The van der Waals surface area contributed by atoms with Crippen LogP contribution in [0.2, 0.25) is 0 Å². The van der Waals surface area contributed by atoms with Gasteiger partial charge in [0, 0.05) is 55.7 Å². The van der Waals surface area contributed by atoms with Crippen LogP contribution in [0.25, 0.3) is 5.65 Å². The molecule has 4 aromatic rings. The number of nitrogens with zero attached hydrogens (tertiary/aromatic N) is 5. The standard InChI is InChI=1S/C28H28N6O/c1-21-5-8-24(18-23(21)9-12-26-19-29-27-4-3-13-30-34(26)27)28(35)31-25-10-6-22(7-11-25)20-33-16-14-32(2)15-17-33/h3-8,10-11,13,18-19H,14-17,20H2,1-2H3,(H,31,35). The van der Waals surface area contributed by atoms with Crippen molar-refractivity contribution in [3.8, 4) is 11.8 Å². The van der Waals surface area contributed by atoms with Crippen molar-refractivity contribution < 1.29 is 4.79 Å². The molecule has 7 nitrogen and oxygen atoms in total. The zero-order chi connectivity index (χ0) is 24.2. The lowest BCUT2D eigenvalue weighted by molar-refractivity contribution is 0.102. The van der Waals surface area contributed by atoms with Crippen molar-refractivity contribution in [2.24, 2.45) is 0 Å². The number of piperazine rings is 1. The summed E-state index contributed by atoms with van der Waals surface area (Å²) < 4.78 is 1.70. The molecule has 1 saturated heterocycles. The van der Waals surface area contributed by atoms with Gasteiger partial charge in [-0.1, -0.05) is 24.1 Å². The van der Waals surface area contributed by atoms with E-state index in [0.29, 0.717) is 11.3 Å². The number of hydrogen-bond donors (Lipinski definition) is 1. The number of aryl methyl sites for hydroxylation is 1. The van der Waals surface area contributed by atoms with Crippen LogP contribution in [0.15, 0.2) is 67.0 Å². The van der Waals surface area contributed by atoms with Gasteiger partial charge in [0.2, 0.25) is 0 Å². The third kappa shape index (κ3) is 5.40. The minimum Gasteiger partial charge on any atom is -0.322 e. The zero-order valence-corrected chi connectivity index (χ0v) is 20.0. The Morgan fingerprint density at radius 1 is 1.03 bits per heavy atom. The van der Waals surface area contributed by atoms with Crippen molar-refractivity contribution in [2.45, 2.75) is 13.5 Å². The zero-order valence-electron chi connectivity index (χ0n) is 20.0. The third-order valence-electron chi connectivity index (χ3n) is 6.32. The molecule has 0 aliphatic carbocycles. The van der Waals surface area contributed by atoms with Crippen molar-refractivity contribution in [1.29, 1.82) is 0 Å². The Labute approximate surface area is 205 Å². The van der Waals surface area contributed by atoms with Gasteiger partial charge in [-0.05, 0) is 67.4 Å². The molecule has 5 rings (SSSR count). The first-order chi connectivity index (χ1) is 17.0. The molecule has 1 aliphatic heterocycles. The molecule has 0 saturated carbocycles. The van der Waals surface area contributed by atoms with E-state index in [1.54, 1.807) is 16.9 Å². The highest BCUT2D eigenvalue weighted by Crippen LogP contribution is 2.16. The summed E-state index contributed by atoms with van der Waals surface area (Å²) in [6, 6.07) is 17.4. The number of carbonyl (C=O) groups excluding carboxylic acids is 1. The van der Waals surface area contributed by atoms with Crippen LogP contribution in [-0.4, -0.2) is 63.5 Å². The molecule has 1 N–H and O–H groups in total. The van der Waals surface area contributed by atoms with Crippen molar-refractivity contribution in [3.63, 3.8) is 0 Å². The largest absolute Gasteiger partial charge is 0.322 e. The number of rotatable bonds is 4. The van der Waals surface area contributed by atoms with Gasteiger partial charge in [-0.15, -0.1) is 0 Å². The van der Waals surface area contributed by atoms with Crippen LogP contribution in [0, 0.1) is 18.8 Å². The Balaban J connectivity index is 1.26. The summed E-state index contributed by atoms with van der Waals surface area (Å²) in [7, 11) is 2.16. The highest BCUT2D eigenvalue weighted by Gasteiger charge is 2.14. The van der Waals surface area contributed by atoms with Gasteiger partial charge in [-0.25, -0.2) is 9.50 Å². The van der Waals surface area contributed by atoms with Crippen LogP contribution in [0.3, 0.4) is 0 Å². The molecule has 0 radical (unpaired) electrons. The molecule has 7 heteroatoms. The average molecular weight is 465 g/mol. The fraction of sp³-hybridized carbons (Fsp3) is 0.250. The van der Waals surface area contributed by atoms with Gasteiger partial charge < -0.3 is 10.2 Å². The quantitative estimate of drug-likeness (QED) is 0.469. The Morgan fingerprint density at radius 3 is 2.63 bits per heavy atom. The monoisotopic (exact) mass is 464 g/mol. The van der Waals surface area contributed by atoms with Gasteiger partial charge in [0.25, 0.3) is 5.91 Å². The SMILES string of the molecule is Cc1ccc(C(=O)Nc2ccc(CN3CCN(C)CC3)cc2)cc1C#Cc1cnc2cccnn12. The van der Waals surface area contributed by atoms with Gasteiger partial charge in [0.15, 0.2) is 5.65 Å². The number of benzene rings is 2. The minimum atomic E-state index is -0.156. The predicted octanol–water partition coefficient (Wildman–Crippen LogP) is 3.44. The smallest absolute Gasteiger partial charge is 0.255 e. The lowest BCUT2D eigenvalue weighted by Crippen LogP contribution is -2.43. The molecule has 1 amide bonds. The summed E-state index contributed by atoms with van der Waals surface area (Å²) in [6.45, 7) is 7.30. The maximum absolute atomic E-state index is 12.9. The first-order valence-corrected chi connectivity index (χ1v) is 11.8. The summed E-state index contributed by atoms with van der Waals surface area (Å²) in [5.74, 6) is 6.15. The van der Waals surface area contributed by atoms with Crippen molar-refractivity contribution in [2.75, 3.05) is 38.5 Å². The van der Waals surface area contributed by atoms with E-state index >= 15 is 0 Å². The first-order valence-electron chi connectivity index (χ1n) is 11.8. The van der Waals surface area contributed by atoms with Crippen LogP contribution in [0.1, 0.15) is 32.7 Å². The Hall–Kier alpha value is -3.99. The van der Waals surface area contributed by atoms with Crippen molar-refractivity contribution in [3.05, 3.63) is 94.9 Å². The Bertz CT molecular complexity index is 1400. The lowest BCUT2D eigenvalue weighted by atomic mass is 10.0. The molecule has 176 valence electrons. The fourth-order valence-corrected chi connectivity index (χ4v) is 4.10. The topological polar surface area (TPSA) is 65.8 Å². The molecule has 0 spiro atoms. The van der Waals surface area contributed by atoms with E-state index in [1.807, 2.05) is 49.4 Å². The summed E-state index contributed by atoms with van der Waals surface area (Å²) in [5.41, 5.74) is 5.85. The molecule has 2 aromatic heterocycles. The highest BCUT2D eigenvalue weighted by molar-refractivity contribution is 6.04. The number of aromatic nitrogens is 3. The summed E-state index contributed by atoms with van der Waals surface area (Å²) in [5, 5.41) is 7.30. The van der Waals surface area contributed by atoms with E-state index in [2.05, 4.69) is 56.2 Å². The van der Waals surface area contributed by atoms with E-state index in [0.717, 1.165) is 55.2 Å². The molecule has 3 heterocycles. The molecule has 0 unspecified atom stereocenters. The van der Waals surface area contributed by atoms with E-state index in [1.165, 1.54) is 5.56 Å². The van der Waals surface area contributed by atoms with E-state index in [9.17, 15) is 4.79 Å². The maximum atomic E-state index is 12.9. The summed E-state index contributed by atoms with van der Waals surface area (Å²) in [4.78, 5) is 22.1. The molecule has 2 aromatic carbocycles. The Kier molecular flexibility index (Phi) is 6.57. The van der Waals surface area contributed by atoms with E-state index < -0.39 is 0 Å². The predicted molar refractivity (Wildman–Crippen MR) is 137 cm³/mol. The Morgan fingerprint density at radius 2 is 1.83 bits per heavy atom. The second kappa shape index (κ2) is 10.1. The van der Waals surface area contributed by atoms with Gasteiger partial charge in [0.1, 0.15) is 5.69 Å². The van der Waals surface area contributed by atoms with Crippen LogP contribution in [0.5, 0.6) is 0 Å². The molecule has 0 bridgehead atoms. The number of hydrogen-bond acceptors (Lipinski definition) is 5. The number of likely N-dealkylation sites (N-methyl/N-ethyl adjacent to an activating group) is 1. The number of anilines is 1. The lowest BCUT2D eigenvalue weighted by Gasteiger charge is -2.32. The van der Waals surface area contributed by atoms with Crippen LogP contribution in [0.4, 0.5) is 5.69 Å². The minimum absolute atomic E-state index is 0.156. The van der Waals surface area contributed by atoms with Gasteiger partial charge in [0.05, 0.1) is 6.20 Å². The molecule has 0 atom stereocenters. The second-order valence-corrected chi connectivity index (χ2v) is 8.95. The number of fused-ring (bicyclic) bond motifs is 1. The summed E-state index contributed by atoms with van der Waals surface area (Å²) >= 11 is 0. The average Bonchev–Trinajstić information content (AvgIpc) is 3.29. The van der Waals surface area contributed by atoms with Crippen LogP contribution in [-0.2, 0) is 6.54 Å². The number of carbonyl (C=O) groups is 1. The highest BCUT2D eigenvalue weighted by atomic mass is 16.1. The normalized spacial score (nSPS) is 14.5. The molecule has 1 fully saturated rings. The van der Waals surface area contributed by atoms with Crippen LogP contribution >= 0.6 is 0 Å². The second-order valence-electron chi connectivity index (χ2n) is 8.95.